The summed E-state index contributed by atoms with van der Waals surface area (Å²) in [5.74, 6) is -0.535. The molecule has 3 fully saturated rings. The van der Waals surface area contributed by atoms with E-state index in [4.69, 9.17) is 4.74 Å². The number of nitrogens with zero attached hydrogens (tertiary/aromatic N) is 4. The highest BCUT2D eigenvalue weighted by atomic mass is 19.1. The summed E-state index contributed by atoms with van der Waals surface area (Å²) in [6.07, 6.45) is 3.00. The van der Waals surface area contributed by atoms with Crippen LogP contribution in [-0.2, 0) is 21.4 Å². The quantitative estimate of drug-likeness (QED) is 0.588. The maximum Gasteiger partial charge on any atom is 0.410 e. The fourth-order valence-electron chi connectivity index (χ4n) is 6.17. The fraction of sp³-hybridized carbons (Fsp3) is 0.655. The minimum atomic E-state index is -1.29. The zero-order chi connectivity index (χ0) is 27.9. The first kappa shape index (κ1) is 27.6. The summed E-state index contributed by atoms with van der Waals surface area (Å²) in [7, 11) is 1.89. The smallest absolute Gasteiger partial charge is 0.410 e. The number of imide groups is 1. The number of carbonyl (C=O) groups excluding carboxylic acids is 3. The van der Waals surface area contributed by atoms with Gasteiger partial charge in [0.05, 0.1) is 17.1 Å². The Morgan fingerprint density at radius 2 is 1.82 bits per heavy atom. The summed E-state index contributed by atoms with van der Waals surface area (Å²) in [6, 6.07) is 6.35. The van der Waals surface area contributed by atoms with Crippen LogP contribution >= 0.6 is 0 Å². The van der Waals surface area contributed by atoms with Crippen LogP contribution in [0.3, 0.4) is 0 Å². The average molecular weight is 542 g/mol. The Labute approximate surface area is 229 Å². The molecule has 0 saturated carbocycles. The van der Waals surface area contributed by atoms with Crippen molar-refractivity contribution in [2.75, 3.05) is 32.7 Å². The lowest BCUT2D eigenvalue weighted by Gasteiger charge is -2.41. The van der Waals surface area contributed by atoms with Crippen LogP contribution in [-0.4, -0.2) is 81.5 Å². The molecular formula is C29H40FN5O4. The number of amides is 3. The van der Waals surface area contributed by atoms with E-state index in [0.717, 1.165) is 42.5 Å². The molecule has 5 rings (SSSR count). The monoisotopic (exact) mass is 541 g/mol. The molecule has 3 amide bonds. The molecule has 1 aromatic heterocycles. The highest BCUT2D eigenvalue weighted by molar-refractivity contribution is 6.02. The summed E-state index contributed by atoms with van der Waals surface area (Å²) in [5, 5.41) is 8.04. The maximum absolute atomic E-state index is 15.7. The van der Waals surface area contributed by atoms with Gasteiger partial charge in [-0.1, -0.05) is 12.1 Å². The highest BCUT2D eigenvalue weighted by Gasteiger charge is 2.39. The van der Waals surface area contributed by atoms with Crippen molar-refractivity contribution in [3.63, 3.8) is 0 Å². The van der Waals surface area contributed by atoms with Crippen LogP contribution in [0.1, 0.15) is 82.4 Å². The number of halogens is 1. The molecule has 3 aliphatic rings. The summed E-state index contributed by atoms with van der Waals surface area (Å²) in [4.78, 5) is 40.2. The van der Waals surface area contributed by atoms with E-state index in [1.54, 1.807) is 4.90 Å². The minimum absolute atomic E-state index is 0.227. The topological polar surface area (TPSA) is 96.8 Å². The van der Waals surface area contributed by atoms with Crippen molar-refractivity contribution in [1.82, 2.24) is 24.9 Å². The van der Waals surface area contributed by atoms with Gasteiger partial charge in [-0.15, -0.1) is 0 Å². The molecule has 9 nitrogen and oxygen atoms in total. The number of aromatic nitrogens is 2. The van der Waals surface area contributed by atoms with Gasteiger partial charge in [0.25, 0.3) is 0 Å². The Kier molecular flexibility index (Phi) is 7.43. The second kappa shape index (κ2) is 10.5. The third-order valence-electron chi connectivity index (χ3n) is 8.35. The number of nitrogens with one attached hydrogen (secondary N) is 1. The van der Waals surface area contributed by atoms with Gasteiger partial charge < -0.3 is 14.5 Å². The van der Waals surface area contributed by atoms with Gasteiger partial charge in [-0.05, 0) is 70.7 Å². The number of aryl methyl sites for hydroxylation is 1. The molecule has 0 radical (unpaired) electrons. The Hall–Kier alpha value is -3.01. The lowest BCUT2D eigenvalue weighted by atomic mass is 9.86. The first-order chi connectivity index (χ1) is 18.4. The normalized spacial score (nSPS) is 23.2. The fourth-order valence-corrected chi connectivity index (χ4v) is 6.17. The van der Waals surface area contributed by atoms with E-state index in [-0.39, 0.29) is 17.9 Å². The zero-order valence-corrected chi connectivity index (χ0v) is 23.5. The van der Waals surface area contributed by atoms with Crippen LogP contribution < -0.4 is 5.32 Å². The molecule has 0 spiro atoms. The number of rotatable bonds is 4. The number of likely N-dealkylation sites (tertiary alicyclic amines) is 2. The average Bonchev–Trinajstić information content (AvgIpc) is 3.19. The second-order valence-electron chi connectivity index (χ2n) is 12.5. The minimum Gasteiger partial charge on any atom is -0.444 e. The molecule has 39 heavy (non-hydrogen) atoms. The summed E-state index contributed by atoms with van der Waals surface area (Å²) in [6.45, 7) is 8.34. The number of fused-ring (bicyclic) bond motifs is 1. The number of hydrogen-bond acceptors (Lipinski definition) is 6. The molecule has 0 bridgehead atoms. The predicted molar refractivity (Wildman–Crippen MR) is 145 cm³/mol. The molecule has 1 unspecified atom stereocenters. The van der Waals surface area contributed by atoms with Gasteiger partial charge in [-0.2, -0.15) is 5.10 Å². The molecule has 4 heterocycles. The van der Waals surface area contributed by atoms with Gasteiger partial charge in [-0.3, -0.25) is 19.6 Å². The molecule has 1 N–H and O–H groups in total. The van der Waals surface area contributed by atoms with Gasteiger partial charge in [0, 0.05) is 51.3 Å². The predicted octanol–water partition coefficient (Wildman–Crippen LogP) is 4.01. The summed E-state index contributed by atoms with van der Waals surface area (Å²) in [5.41, 5.74) is 1.10. The van der Waals surface area contributed by atoms with Crippen LogP contribution in [0.5, 0.6) is 0 Å². The lowest BCUT2D eigenvalue weighted by Crippen LogP contribution is -2.51. The summed E-state index contributed by atoms with van der Waals surface area (Å²) < 4.78 is 23.0. The van der Waals surface area contributed by atoms with Crippen molar-refractivity contribution in [1.29, 1.82) is 0 Å². The Morgan fingerprint density at radius 3 is 2.46 bits per heavy atom. The van der Waals surface area contributed by atoms with E-state index in [2.05, 4.69) is 33.5 Å². The van der Waals surface area contributed by atoms with Crippen molar-refractivity contribution >= 4 is 28.8 Å². The third kappa shape index (κ3) is 6.10. The van der Waals surface area contributed by atoms with Gasteiger partial charge in [0.15, 0.2) is 0 Å². The molecular weight excluding hydrogens is 501 g/mol. The van der Waals surface area contributed by atoms with Crippen molar-refractivity contribution in [3.8, 4) is 0 Å². The van der Waals surface area contributed by atoms with E-state index in [9.17, 15) is 14.4 Å². The van der Waals surface area contributed by atoms with E-state index in [0.29, 0.717) is 51.2 Å². The van der Waals surface area contributed by atoms with Gasteiger partial charge in [-0.25, -0.2) is 9.18 Å². The third-order valence-corrected chi connectivity index (χ3v) is 8.35. The summed E-state index contributed by atoms with van der Waals surface area (Å²) >= 11 is 0. The molecule has 10 heteroatoms. The number of hydrogen-bond donors (Lipinski definition) is 1. The van der Waals surface area contributed by atoms with E-state index < -0.39 is 17.2 Å². The molecule has 1 atom stereocenters. The highest BCUT2D eigenvalue weighted by Crippen LogP contribution is 2.36. The van der Waals surface area contributed by atoms with E-state index in [1.165, 1.54) is 5.56 Å². The van der Waals surface area contributed by atoms with Crippen molar-refractivity contribution in [3.05, 3.63) is 29.5 Å². The number of alkyl halides is 1. The van der Waals surface area contributed by atoms with Crippen LogP contribution in [0.4, 0.5) is 9.18 Å². The standard InChI is InChI=1S/C29H40FN5O4/c1-28(2,3)39-27(38)35-15-11-29(30,12-16-35)18-34-13-9-19(10-14-34)20-5-6-21-23(17-20)33(4)32-25(21)22-7-8-24(36)31-26(22)37/h5-6,17,19,22H,7-16,18H2,1-4H3,(H,31,36,37). The molecule has 3 aliphatic heterocycles. The number of piperidine rings is 3. The molecule has 1 aromatic carbocycles. The Balaban J connectivity index is 1.17. The first-order valence-corrected chi connectivity index (χ1v) is 14.1. The van der Waals surface area contributed by atoms with Gasteiger partial charge >= 0.3 is 6.09 Å². The van der Waals surface area contributed by atoms with E-state index in [1.807, 2.05) is 32.5 Å². The van der Waals surface area contributed by atoms with Crippen LogP contribution in [0.15, 0.2) is 18.2 Å². The van der Waals surface area contributed by atoms with Crippen LogP contribution in [0, 0.1) is 0 Å². The molecule has 0 aliphatic carbocycles. The molecule has 212 valence electrons. The number of ether oxygens (including phenoxy) is 1. The maximum atomic E-state index is 15.7. The molecule has 3 saturated heterocycles. The van der Waals surface area contributed by atoms with Gasteiger partial charge in [0.1, 0.15) is 11.3 Å². The van der Waals surface area contributed by atoms with Crippen LogP contribution in [0.25, 0.3) is 10.9 Å². The Morgan fingerprint density at radius 1 is 1.13 bits per heavy atom. The first-order valence-electron chi connectivity index (χ1n) is 14.1. The lowest BCUT2D eigenvalue weighted by molar-refractivity contribution is -0.134. The Bertz CT molecular complexity index is 1250. The SMILES string of the molecule is Cn1nc(C2CCC(=O)NC2=O)c2ccc(C3CCN(CC4(F)CCN(C(=O)OC(C)(C)C)CC4)CC3)cc21. The largest absolute Gasteiger partial charge is 0.444 e. The van der Waals surface area contributed by atoms with E-state index >= 15 is 4.39 Å². The number of benzene rings is 1. The van der Waals surface area contributed by atoms with Crippen molar-refractivity contribution in [2.24, 2.45) is 7.05 Å². The molecule has 2 aromatic rings. The van der Waals surface area contributed by atoms with Crippen molar-refractivity contribution in [2.45, 2.75) is 82.4 Å². The zero-order valence-electron chi connectivity index (χ0n) is 23.5. The number of carbonyl (C=O) groups is 3. The van der Waals surface area contributed by atoms with Crippen molar-refractivity contribution < 1.29 is 23.5 Å². The van der Waals surface area contributed by atoms with Crippen LogP contribution in [0.2, 0.25) is 0 Å². The van der Waals surface area contributed by atoms with Gasteiger partial charge in [0.2, 0.25) is 11.8 Å². The second-order valence-corrected chi connectivity index (χ2v) is 12.5.